The minimum atomic E-state index is -0.101. The third-order valence-electron chi connectivity index (χ3n) is 2.56. The average Bonchev–Trinajstić information content (AvgIpc) is 2.74. The van der Waals surface area contributed by atoms with E-state index in [4.69, 9.17) is 10.8 Å². The largest absolute Gasteiger partial charge is 0.396 e. The first-order chi connectivity index (χ1) is 8.60. The molecule has 0 saturated heterocycles. The normalized spacial score (nSPS) is 10.4. The number of anilines is 2. The molecule has 0 aliphatic rings. The van der Waals surface area contributed by atoms with Gasteiger partial charge in [-0.1, -0.05) is 11.3 Å². The second-order valence-electron chi connectivity index (χ2n) is 3.99. The maximum absolute atomic E-state index is 12.1. The van der Waals surface area contributed by atoms with Crippen LogP contribution in [0.5, 0.6) is 0 Å². The van der Waals surface area contributed by atoms with E-state index in [0.717, 1.165) is 19.3 Å². The number of hydrogen-bond donors (Lipinski definition) is 3. The Morgan fingerprint density at radius 3 is 2.78 bits per heavy atom. The van der Waals surface area contributed by atoms with Gasteiger partial charge in [0.1, 0.15) is 10.7 Å². The third kappa shape index (κ3) is 3.85. The Morgan fingerprint density at radius 2 is 2.22 bits per heavy atom. The van der Waals surface area contributed by atoms with Crippen LogP contribution in [-0.4, -0.2) is 48.1 Å². The van der Waals surface area contributed by atoms with Gasteiger partial charge >= 0.3 is 0 Å². The summed E-state index contributed by atoms with van der Waals surface area (Å²) in [7, 11) is 3.49. The summed E-state index contributed by atoms with van der Waals surface area (Å²) in [5.74, 6) is 0.173. The molecule has 0 spiro atoms. The SMILES string of the molecule is CNc1nc(N)c(C(=O)N(C)CCCCCO)s1. The Hall–Kier alpha value is -1.34. The molecule has 4 N–H and O–H groups in total. The number of aliphatic hydroxyl groups is 1. The van der Waals surface area contributed by atoms with Crippen LogP contribution in [0.1, 0.15) is 28.9 Å². The van der Waals surface area contributed by atoms with Gasteiger partial charge in [0.05, 0.1) is 0 Å². The fourth-order valence-corrected chi connectivity index (χ4v) is 2.34. The molecule has 1 rings (SSSR count). The van der Waals surface area contributed by atoms with Gasteiger partial charge in [-0.15, -0.1) is 0 Å². The zero-order valence-corrected chi connectivity index (χ0v) is 11.6. The quantitative estimate of drug-likeness (QED) is 0.644. The number of amides is 1. The van der Waals surface area contributed by atoms with Gasteiger partial charge in [0.25, 0.3) is 5.91 Å². The first-order valence-corrected chi connectivity index (χ1v) is 6.72. The molecule has 1 aromatic rings. The van der Waals surface area contributed by atoms with E-state index < -0.39 is 0 Å². The minimum absolute atomic E-state index is 0.101. The number of unbranched alkanes of at least 4 members (excludes halogenated alkanes) is 2. The van der Waals surface area contributed by atoms with Gasteiger partial charge in [-0.2, -0.15) is 0 Å². The number of aliphatic hydroxyl groups excluding tert-OH is 1. The first kappa shape index (κ1) is 14.7. The van der Waals surface area contributed by atoms with Crippen LogP contribution < -0.4 is 11.1 Å². The van der Waals surface area contributed by atoms with E-state index in [1.807, 2.05) is 0 Å². The standard InChI is InChI=1S/C11H20N4O2S/c1-13-11-14-9(12)8(18-11)10(17)15(2)6-4-3-5-7-16/h16H,3-7,12H2,1-2H3,(H,13,14). The predicted molar refractivity (Wildman–Crippen MR) is 74.0 cm³/mol. The molecule has 0 radical (unpaired) electrons. The van der Waals surface area contributed by atoms with Crippen LogP contribution in [-0.2, 0) is 0 Å². The Kier molecular flexibility index (Phi) is 5.87. The summed E-state index contributed by atoms with van der Waals surface area (Å²) in [6.07, 6.45) is 2.56. The van der Waals surface area contributed by atoms with Crippen molar-refractivity contribution in [3.05, 3.63) is 4.88 Å². The number of rotatable bonds is 7. The van der Waals surface area contributed by atoms with Crippen molar-refractivity contribution >= 4 is 28.2 Å². The van der Waals surface area contributed by atoms with E-state index in [1.54, 1.807) is 19.0 Å². The second-order valence-corrected chi connectivity index (χ2v) is 4.99. The highest BCUT2D eigenvalue weighted by molar-refractivity contribution is 7.18. The Labute approximate surface area is 111 Å². The van der Waals surface area contributed by atoms with Crippen LogP contribution in [0.4, 0.5) is 10.9 Å². The van der Waals surface area contributed by atoms with Crippen molar-refractivity contribution < 1.29 is 9.90 Å². The summed E-state index contributed by atoms with van der Waals surface area (Å²) < 4.78 is 0. The molecule has 0 bridgehead atoms. The van der Waals surface area contributed by atoms with Crippen molar-refractivity contribution in [3.63, 3.8) is 0 Å². The monoisotopic (exact) mass is 272 g/mol. The van der Waals surface area contributed by atoms with Crippen molar-refractivity contribution in [1.29, 1.82) is 0 Å². The molecule has 0 atom stereocenters. The lowest BCUT2D eigenvalue weighted by atomic mass is 10.2. The molecule has 0 fully saturated rings. The van der Waals surface area contributed by atoms with Crippen LogP contribution in [0.2, 0.25) is 0 Å². The lowest BCUT2D eigenvalue weighted by Crippen LogP contribution is -2.27. The lowest BCUT2D eigenvalue weighted by molar-refractivity contribution is 0.0797. The number of hydrogen-bond acceptors (Lipinski definition) is 6. The summed E-state index contributed by atoms with van der Waals surface area (Å²) in [6.45, 7) is 0.857. The minimum Gasteiger partial charge on any atom is -0.396 e. The van der Waals surface area contributed by atoms with Gasteiger partial charge in [-0.3, -0.25) is 4.79 Å². The molecule has 1 amide bonds. The highest BCUT2D eigenvalue weighted by Gasteiger charge is 2.19. The first-order valence-electron chi connectivity index (χ1n) is 5.90. The molecule has 0 saturated carbocycles. The molecular formula is C11H20N4O2S. The number of nitrogens with zero attached hydrogens (tertiary/aromatic N) is 2. The molecule has 0 aromatic carbocycles. The Bertz CT molecular complexity index is 394. The number of nitrogens with two attached hydrogens (primary N) is 1. The summed E-state index contributed by atoms with van der Waals surface area (Å²) in [4.78, 5) is 18.3. The van der Waals surface area contributed by atoms with E-state index in [-0.39, 0.29) is 18.3 Å². The number of carbonyl (C=O) groups is 1. The van der Waals surface area contributed by atoms with Crippen molar-refractivity contribution in [1.82, 2.24) is 9.88 Å². The smallest absolute Gasteiger partial charge is 0.267 e. The molecule has 0 aliphatic carbocycles. The maximum Gasteiger partial charge on any atom is 0.267 e. The lowest BCUT2D eigenvalue weighted by Gasteiger charge is -2.15. The summed E-state index contributed by atoms with van der Waals surface area (Å²) >= 11 is 1.26. The van der Waals surface area contributed by atoms with Crippen molar-refractivity contribution in [2.45, 2.75) is 19.3 Å². The second kappa shape index (κ2) is 7.17. The highest BCUT2D eigenvalue weighted by Crippen LogP contribution is 2.25. The van der Waals surface area contributed by atoms with E-state index in [2.05, 4.69) is 10.3 Å². The van der Waals surface area contributed by atoms with Gasteiger partial charge in [-0.05, 0) is 19.3 Å². The van der Waals surface area contributed by atoms with Gasteiger partial charge in [0.2, 0.25) is 0 Å². The van der Waals surface area contributed by atoms with Gasteiger partial charge in [0.15, 0.2) is 5.13 Å². The zero-order chi connectivity index (χ0) is 13.5. The molecule has 1 heterocycles. The molecular weight excluding hydrogens is 252 g/mol. The Morgan fingerprint density at radius 1 is 1.50 bits per heavy atom. The number of aromatic nitrogens is 1. The van der Waals surface area contributed by atoms with Crippen LogP contribution in [0, 0.1) is 0 Å². The van der Waals surface area contributed by atoms with E-state index in [1.165, 1.54) is 11.3 Å². The number of thiazole rings is 1. The fraction of sp³-hybridized carbons (Fsp3) is 0.636. The molecule has 18 heavy (non-hydrogen) atoms. The van der Waals surface area contributed by atoms with E-state index in [9.17, 15) is 4.79 Å². The van der Waals surface area contributed by atoms with Crippen molar-refractivity contribution in [2.24, 2.45) is 0 Å². The van der Waals surface area contributed by atoms with E-state index >= 15 is 0 Å². The van der Waals surface area contributed by atoms with Crippen LogP contribution in [0.15, 0.2) is 0 Å². The number of nitrogens with one attached hydrogen (secondary N) is 1. The van der Waals surface area contributed by atoms with Crippen LogP contribution >= 0.6 is 11.3 Å². The van der Waals surface area contributed by atoms with Gasteiger partial charge in [-0.25, -0.2) is 4.98 Å². The fourth-order valence-electron chi connectivity index (χ4n) is 1.50. The van der Waals surface area contributed by atoms with Gasteiger partial charge in [0, 0.05) is 27.2 Å². The Balaban J connectivity index is 2.54. The maximum atomic E-state index is 12.1. The number of carbonyl (C=O) groups excluding carboxylic acids is 1. The molecule has 0 aliphatic heterocycles. The van der Waals surface area contributed by atoms with Crippen molar-refractivity contribution in [2.75, 3.05) is 38.3 Å². The molecule has 1 aromatic heterocycles. The molecule has 6 nitrogen and oxygen atoms in total. The summed E-state index contributed by atoms with van der Waals surface area (Å²) in [5.41, 5.74) is 5.71. The number of nitrogen functional groups attached to an aromatic ring is 1. The highest BCUT2D eigenvalue weighted by atomic mass is 32.1. The molecule has 0 unspecified atom stereocenters. The van der Waals surface area contributed by atoms with Gasteiger partial charge < -0.3 is 21.1 Å². The van der Waals surface area contributed by atoms with Crippen LogP contribution in [0.3, 0.4) is 0 Å². The predicted octanol–water partition coefficient (Wildman–Crippen LogP) is 1.00. The third-order valence-corrected chi connectivity index (χ3v) is 3.64. The topological polar surface area (TPSA) is 91.5 Å². The van der Waals surface area contributed by atoms with E-state index in [0.29, 0.717) is 16.6 Å². The van der Waals surface area contributed by atoms with Crippen LogP contribution in [0.25, 0.3) is 0 Å². The average molecular weight is 272 g/mol. The molecule has 102 valence electrons. The van der Waals surface area contributed by atoms with Crippen molar-refractivity contribution in [3.8, 4) is 0 Å². The zero-order valence-electron chi connectivity index (χ0n) is 10.8. The summed E-state index contributed by atoms with van der Waals surface area (Å²) in [5, 5.41) is 12.2. The molecule has 7 heteroatoms. The summed E-state index contributed by atoms with van der Waals surface area (Å²) in [6, 6.07) is 0.